The van der Waals surface area contributed by atoms with Crippen molar-refractivity contribution in [1.29, 1.82) is 0 Å². The van der Waals surface area contributed by atoms with Crippen molar-refractivity contribution >= 4 is 17.8 Å². The van der Waals surface area contributed by atoms with Crippen LogP contribution in [0, 0.1) is 6.92 Å². The molecule has 35 heavy (non-hydrogen) atoms. The predicted molar refractivity (Wildman–Crippen MR) is 144 cm³/mol. The molecule has 4 aromatic carbocycles. The topological polar surface area (TPSA) is 41.6 Å². The number of benzene rings is 4. The zero-order chi connectivity index (χ0) is 24.5. The number of hydrogen-bond acceptors (Lipinski definition) is 2. The summed E-state index contributed by atoms with van der Waals surface area (Å²) in [7, 11) is 1.66. The third-order valence-electron chi connectivity index (χ3n) is 5.93. The lowest BCUT2D eigenvalue weighted by Crippen LogP contribution is -2.39. The first-order valence-corrected chi connectivity index (χ1v) is 11.7. The summed E-state index contributed by atoms with van der Waals surface area (Å²) in [5.41, 5.74) is 4.87. The van der Waals surface area contributed by atoms with Crippen molar-refractivity contribution < 1.29 is 9.53 Å². The van der Waals surface area contributed by atoms with E-state index in [9.17, 15) is 4.79 Å². The van der Waals surface area contributed by atoms with Crippen molar-refractivity contribution in [3.05, 3.63) is 138 Å². The number of nitrogens with one attached hydrogen (secondary N) is 1. The SMILES string of the molecule is COc1ccccc1/C=C/CN(C(=O)Nc1ccccc1C)C(c1ccccc1)c1ccccc1. The summed E-state index contributed by atoms with van der Waals surface area (Å²) in [5.74, 6) is 0.794. The third-order valence-corrected chi connectivity index (χ3v) is 5.93. The van der Waals surface area contributed by atoms with Crippen LogP contribution in [0.1, 0.15) is 28.3 Å². The number of carbonyl (C=O) groups excluding carboxylic acids is 1. The number of rotatable bonds is 8. The molecule has 4 nitrogen and oxygen atoms in total. The van der Waals surface area contributed by atoms with E-state index in [0.29, 0.717) is 6.54 Å². The quantitative estimate of drug-likeness (QED) is 0.298. The molecule has 0 radical (unpaired) electrons. The molecule has 0 aliphatic carbocycles. The van der Waals surface area contributed by atoms with Gasteiger partial charge in [0, 0.05) is 17.8 Å². The molecular weight excluding hydrogens is 432 g/mol. The molecule has 0 atom stereocenters. The van der Waals surface area contributed by atoms with Gasteiger partial charge in [-0.2, -0.15) is 0 Å². The zero-order valence-corrected chi connectivity index (χ0v) is 20.1. The van der Waals surface area contributed by atoms with Gasteiger partial charge < -0.3 is 15.0 Å². The Morgan fingerprint density at radius 1 is 0.829 bits per heavy atom. The lowest BCUT2D eigenvalue weighted by atomic mass is 9.97. The lowest BCUT2D eigenvalue weighted by molar-refractivity contribution is 0.205. The number of hydrogen-bond donors (Lipinski definition) is 1. The number of aryl methyl sites for hydroxylation is 1. The Balaban J connectivity index is 1.72. The van der Waals surface area contributed by atoms with E-state index < -0.39 is 0 Å². The van der Waals surface area contributed by atoms with Gasteiger partial charge in [-0.25, -0.2) is 4.79 Å². The Labute approximate surface area is 207 Å². The van der Waals surface area contributed by atoms with Gasteiger partial charge in [0.15, 0.2) is 0 Å². The minimum absolute atomic E-state index is 0.165. The van der Waals surface area contributed by atoms with Gasteiger partial charge in [0.05, 0.1) is 13.2 Å². The highest BCUT2D eigenvalue weighted by molar-refractivity contribution is 5.91. The molecule has 0 aliphatic rings. The smallest absolute Gasteiger partial charge is 0.322 e. The van der Waals surface area contributed by atoms with Crippen LogP contribution in [0.3, 0.4) is 0 Å². The van der Waals surface area contributed by atoms with Crippen molar-refractivity contribution in [2.75, 3.05) is 19.0 Å². The fourth-order valence-corrected chi connectivity index (χ4v) is 4.13. The van der Waals surface area contributed by atoms with Crippen LogP contribution in [0.4, 0.5) is 10.5 Å². The first-order chi connectivity index (χ1) is 17.2. The normalized spacial score (nSPS) is 10.9. The summed E-state index contributed by atoms with van der Waals surface area (Å²) in [6.07, 6.45) is 4.01. The molecule has 4 aromatic rings. The molecule has 0 saturated carbocycles. The fraction of sp³-hybridized carbons (Fsp3) is 0.129. The molecule has 0 heterocycles. The fourth-order valence-electron chi connectivity index (χ4n) is 4.13. The van der Waals surface area contributed by atoms with E-state index in [1.54, 1.807) is 7.11 Å². The molecular formula is C31H30N2O2. The van der Waals surface area contributed by atoms with E-state index in [2.05, 4.69) is 29.6 Å². The van der Waals surface area contributed by atoms with Crippen LogP contribution in [-0.2, 0) is 0 Å². The first kappa shape index (κ1) is 23.8. The highest BCUT2D eigenvalue weighted by Gasteiger charge is 2.26. The Kier molecular flexibility index (Phi) is 7.97. The number of carbonyl (C=O) groups is 1. The summed E-state index contributed by atoms with van der Waals surface area (Å²) in [6, 6.07) is 35.5. The summed E-state index contributed by atoms with van der Waals surface area (Å²) in [5, 5.41) is 3.13. The molecule has 4 heteroatoms. The molecule has 1 N–H and O–H groups in total. The van der Waals surface area contributed by atoms with Crippen LogP contribution in [0.25, 0.3) is 6.08 Å². The van der Waals surface area contributed by atoms with E-state index in [4.69, 9.17) is 4.74 Å². The van der Waals surface area contributed by atoms with Crippen LogP contribution in [-0.4, -0.2) is 24.6 Å². The largest absolute Gasteiger partial charge is 0.496 e. The minimum atomic E-state index is -0.260. The van der Waals surface area contributed by atoms with Crippen LogP contribution >= 0.6 is 0 Å². The number of amides is 2. The van der Waals surface area contributed by atoms with Gasteiger partial charge in [-0.1, -0.05) is 109 Å². The molecule has 0 aromatic heterocycles. The van der Waals surface area contributed by atoms with Crippen LogP contribution in [0.2, 0.25) is 0 Å². The van der Waals surface area contributed by atoms with Gasteiger partial charge in [0.2, 0.25) is 0 Å². The number of methoxy groups -OCH3 is 1. The van der Waals surface area contributed by atoms with Gasteiger partial charge in [-0.15, -0.1) is 0 Å². The Hall–Kier alpha value is -4.31. The maximum atomic E-state index is 13.8. The number of ether oxygens (including phenoxy) is 1. The summed E-state index contributed by atoms with van der Waals surface area (Å²) in [4.78, 5) is 15.6. The molecule has 0 aliphatic heterocycles. The van der Waals surface area contributed by atoms with Crippen molar-refractivity contribution in [1.82, 2.24) is 4.90 Å². The van der Waals surface area contributed by atoms with E-state index in [0.717, 1.165) is 33.7 Å². The van der Waals surface area contributed by atoms with E-state index in [1.807, 2.05) is 109 Å². The van der Waals surface area contributed by atoms with Gasteiger partial charge in [-0.05, 0) is 35.7 Å². The maximum absolute atomic E-state index is 13.8. The van der Waals surface area contributed by atoms with Crippen molar-refractivity contribution in [3.63, 3.8) is 0 Å². The van der Waals surface area contributed by atoms with Crippen LogP contribution < -0.4 is 10.1 Å². The Bertz CT molecular complexity index is 1230. The van der Waals surface area contributed by atoms with Crippen LogP contribution in [0.5, 0.6) is 5.75 Å². The summed E-state index contributed by atoms with van der Waals surface area (Å²) < 4.78 is 5.48. The number of anilines is 1. The molecule has 0 fully saturated rings. The highest BCUT2D eigenvalue weighted by atomic mass is 16.5. The van der Waals surface area contributed by atoms with Crippen molar-refractivity contribution in [2.24, 2.45) is 0 Å². The second kappa shape index (κ2) is 11.7. The summed E-state index contributed by atoms with van der Waals surface area (Å²) in [6.45, 7) is 2.40. The number of urea groups is 1. The summed E-state index contributed by atoms with van der Waals surface area (Å²) >= 11 is 0. The molecule has 0 spiro atoms. The molecule has 4 rings (SSSR count). The van der Waals surface area contributed by atoms with E-state index >= 15 is 0 Å². The van der Waals surface area contributed by atoms with Gasteiger partial charge in [-0.3, -0.25) is 0 Å². The Morgan fingerprint density at radius 2 is 1.40 bits per heavy atom. The van der Waals surface area contributed by atoms with Crippen LogP contribution in [0.15, 0.2) is 115 Å². The molecule has 2 amide bonds. The predicted octanol–water partition coefficient (Wildman–Crippen LogP) is 7.34. The number of para-hydroxylation sites is 2. The van der Waals surface area contributed by atoms with E-state index in [1.165, 1.54) is 0 Å². The second-order valence-corrected chi connectivity index (χ2v) is 8.27. The Morgan fingerprint density at radius 3 is 2.03 bits per heavy atom. The van der Waals surface area contributed by atoms with E-state index in [-0.39, 0.29) is 12.1 Å². The number of nitrogens with zero attached hydrogens (tertiary/aromatic N) is 1. The minimum Gasteiger partial charge on any atom is -0.496 e. The lowest BCUT2D eigenvalue weighted by Gasteiger charge is -2.32. The standard InChI is InChI=1S/C31H30N2O2/c1-24-14-9-11-21-28(24)32-31(34)33(23-13-20-25-15-10-12-22-29(25)35-2)30(26-16-5-3-6-17-26)27-18-7-4-8-19-27/h3-22,30H,23H2,1-2H3,(H,32,34)/b20-13+. The maximum Gasteiger partial charge on any atom is 0.322 e. The average molecular weight is 463 g/mol. The van der Waals surface area contributed by atoms with Gasteiger partial charge >= 0.3 is 6.03 Å². The van der Waals surface area contributed by atoms with Crippen molar-refractivity contribution in [3.8, 4) is 5.75 Å². The highest BCUT2D eigenvalue weighted by Crippen LogP contribution is 2.30. The monoisotopic (exact) mass is 462 g/mol. The first-order valence-electron chi connectivity index (χ1n) is 11.7. The average Bonchev–Trinajstić information content (AvgIpc) is 2.91. The third kappa shape index (κ3) is 5.98. The second-order valence-electron chi connectivity index (χ2n) is 8.27. The molecule has 0 unspecified atom stereocenters. The van der Waals surface area contributed by atoms with Gasteiger partial charge in [0.1, 0.15) is 5.75 Å². The zero-order valence-electron chi connectivity index (χ0n) is 20.1. The molecule has 0 saturated heterocycles. The molecule has 176 valence electrons. The molecule has 0 bridgehead atoms. The van der Waals surface area contributed by atoms with Gasteiger partial charge in [0.25, 0.3) is 0 Å². The van der Waals surface area contributed by atoms with Crippen molar-refractivity contribution in [2.45, 2.75) is 13.0 Å².